The van der Waals surface area contributed by atoms with Crippen molar-refractivity contribution in [3.63, 3.8) is 0 Å². The van der Waals surface area contributed by atoms with Gasteiger partial charge in [-0.15, -0.1) is 6.42 Å². The largest absolute Gasteiger partial charge is 0.464 e. The lowest BCUT2D eigenvalue weighted by atomic mass is 10.4. The third-order valence-electron chi connectivity index (χ3n) is 1.50. The van der Waals surface area contributed by atoms with Gasteiger partial charge in [-0.25, -0.2) is 0 Å². The van der Waals surface area contributed by atoms with Crippen molar-refractivity contribution < 1.29 is 9.15 Å². The van der Waals surface area contributed by atoms with Crippen LogP contribution in [0.25, 0.3) is 0 Å². The summed E-state index contributed by atoms with van der Waals surface area (Å²) in [5, 5.41) is 0. The van der Waals surface area contributed by atoms with Gasteiger partial charge in [-0.05, 0) is 12.1 Å². The zero-order chi connectivity index (χ0) is 8.81. The minimum atomic E-state index is 0.335. The topological polar surface area (TPSA) is 22.4 Å². The zero-order valence-corrected chi connectivity index (χ0v) is 7.17. The van der Waals surface area contributed by atoms with Crippen molar-refractivity contribution in [3.8, 4) is 12.3 Å². The molecule has 1 aromatic rings. The maximum Gasteiger partial charge on any atom is 0.129 e. The fourth-order valence-electron chi connectivity index (χ4n) is 0.900. The van der Waals surface area contributed by atoms with E-state index in [9.17, 15) is 0 Å². The summed E-state index contributed by atoms with van der Waals surface area (Å²) in [5.41, 5.74) is 0. The summed E-state index contributed by atoms with van der Waals surface area (Å²) in [6.45, 7) is 2.84. The van der Waals surface area contributed by atoms with E-state index in [4.69, 9.17) is 15.6 Å². The number of furan rings is 1. The Labute approximate surface area is 72.5 Å². The fraction of sp³-hybridized carbons (Fsp3) is 0.400. The standard InChI is InChI=1S/C10H12O2/c1-3-7-11-8-10-6-5-9(4-2)12-10/h1,5-6H,4,7-8H2,2H3. The predicted molar refractivity (Wildman–Crippen MR) is 46.6 cm³/mol. The Kier molecular flexibility index (Phi) is 3.43. The highest BCUT2D eigenvalue weighted by Crippen LogP contribution is 2.08. The molecule has 0 N–H and O–H groups in total. The van der Waals surface area contributed by atoms with Gasteiger partial charge >= 0.3 is 0 Å². The van der Waals surface area contributed by atoms with Gasteiger partial charge in [0, 0.05) is 6.42 Å². The van der Waals surface area contributed by atoms with Gasteiger partial charge in [-0.2, -0.15) is 0 Å². The van der Waals surface area contributed by atoms with E-state index in [0.29, 0.717) is 13.2 Å². The molecule has 0 aliphatic heterocycles. The van der Waals surface area contributed by atoms with Crippen molar-refractivity contribution in [2.45, 2.75) is 20.0 Å². The van der Waals surface area contributed by atoms with E-state index in [1.807, 2.05) is 19.1 Å². The van der Waals surface area contributed by atoms with Gasteiger partial charge in [0.25, 0.3) is 0 Å². The average molecular weight is 164 g/mol. The number of terminal acetylenes is 1. The number of ether oxygens (including phenoxy) is 1. The van der Waals surface area contributed by atoms with Gasteiger partial charge in [-0.3, -0.25) is 0 Å². The molecule has 0 amide bonds. The van der Waals surface area contributed by atoms with E-state index < -0.39 is 0 Å². The monoisotopic (exact) mass is 164 g/mol. The zero-order valence-electron chi connectivity index (χ0n) is 7.17. The highest BCUT2D eigenvalue weighted by atomic mass is 16.5. The molecule has 0 radical (unpaired) electrons. The highest BCUT2D eigenvalue weighted by molar-refractivity contribution is 5.06. The summed E-state index contributed by atoms with van der Waals surface area (Å²) in [7, 11) is 0. The van der Waals surface area contributed by atoms with Crippen LogP contribution in [0.4, 0.5) is 0 Å². The second kappa shape index (κ2) is 4.63. The molecule has 0 saturated carbocycles. The lowest BCUT2D eigenvalue weighted by molar-refractivity contribution is 0.135. The Morgan fingerprint density at radius 1 is 1.50 bits per heavy atom. The van der Waals surface area contributed by atoms with Crippen molar-refractivity contribution in [2.75, 3.05) is 6.61 Å². The van der Waals surface area contributed by atoms with Crippen LogP contribution in [0.3, 0.4) is 0 Å². The third-order valence-corrected chi connectivity index (χ3v) is 1.50. The molecule has 0 aromatic carbocycles. The molecular weight excluding hydrogens is 152 g/mol. The predicted octanol–water partition coefficient (Wildman–Crippen LogP) is 1.99. The number of rotatable bonds is 4. The summed E-state index contributed by atoms with van der Waals surface area (Å²) in [6, 6.07) is 3.86. The van der Waals surface area contributed by atoms with Gasteiger partial charge in [0.2, 0.25) is 0 Å². The van der Waals surface area contributed by atoms with Crippen molar-refractivity contribution in [3.05, 3.63) is 23.7 Å². The van der Waals surface area contributed by atoms with Gasteiger partial charge in [0.1, 0.15) is 24.7 Å². The lowest BCUT2D eigenvalue weighted by Crippen LogP contribution is -1.90. The first-order chi connectivity index (χ1) is 5.86. The van der Waals surface area contributed by atoms with E-state index in [-0.39, 0.29) is 0 Å². The van der Waals surface area contributed by atoms with E-state index in [0.717, 1.165) is 17.9 Å². The maximum atomic E-state index is 5.39. The molecule has 2 nitrogen and oxygen atoms in total. The molecule has 0 bridgehead atoms. The summed E-state index contributed by atoms with van der Waals surface area (Å²) in [4.78, 5) is 0. The van der Waals surface area contributed by atoms with Crippen molar-refractivity contribution in [1.82, 2.24) is 0 Å². The normalized spacial score (nSPS) is 9.67. The van der Waals surface area contributed by atoms with Crippen LogP contribution in [-0.2, 0) is 17.8 Å². The van der Waals surface area contributed by atoms with Crippen LogP contribution < -0.4 is 0 Å². The van der Waals surface area contributed by atoms with Crippen LogP contribution in [0.2, 0.25) is 0 Å². The maximum absolute atomic E-state index is 5.39. The first kappa shape index (κ1) is 8.89. The summed E-state index contributed by atoms with van der Waals surface area (Å²) < 4.78 is 10.5. The summed E-state index contributed by atoms with van der Waals surface area (Å²) in [5.74, 6) is 4.21. The highest BCUT2D eigenvalue weighted by Gasteiger charge is 1.98. The van der Waals surface area contributed by atoms with Crippen LogP contribution in [0.5, 0.6) is 0 Å². The molecule has 1 rings (SSSR count). The fourth-order valence-corrected chi connectivity index (χ4v) is 0.900. The number of hydrogen-bond donors (Lipinski definition) is 0. The summed E-state index contributed by atoms with van der Waals surface area (Å²) in [6.07, 6.45) is 5.93. The van der Waals surface area contributed by atoms with Gasteiger partial charge in [-0.1, -0.05) is 12.8 Å². The van der Waals surface area contributed by atoms with Crippen LogP contribution in [0.1, 0.15) is 18.4 Å². The first-order valence-corrected chi connectivity index (χ1v) is 3.95. The molecule has 12 heavy (non-hydrogen) atoms. The molecule has 0 aliphatic rings. The minimum absolute atomic E-state index is 0.335. The molecule has 0 fully saturated rings. The second-order valence-electron chi connectivity index (χ2n) is 2.42. The van der Waals surface area contributed by atoms with Crippen LogP contribution in [0, 0.1) is 12.3 Å². The SMILES string of the molecule is C#CCOCc1ccc(CC)o1. The molecule has 2 heteroatoms. The molecule has 0 spiro atoms. The second-order valence-corrected chi connectivity index (χ2v) is 2.42. The van der Waals surface area contributed by atoms with E-state index in [1.54, 1.807) is 0 Å². The Morgan fingerprint density at radius 3 is 2.83 bits per heavy atom. The first-order valence-electron chi connectivity index (χ1n) is 3.95. The van der Waals surface area contributed by atoms with Crippen LogP contribution in [0.15, 0.2) is 16.5 Å². The van der Waals surface area contributed by atoms with Gasteiger partial charge < -0.3 is 9.15 Å². The molecule has 1 heterocycles. The minimum Gasteiger partial charge on any atom is -0.464 e. The molecule has 0 saturated heterocycles. The Bertz CT molecular complexity index is 268. The van der Waals surface area contributed by atoms with E-state index in [1.165, 1.54) is 0 Å². The molecule has 0 unspecified atom stereocenters. The number of aryl methyl sites for hydroxylation is 1. The molecular formula is C10H12O2. The number of hydrogen-bond acceptors (Lipinski definition) is 2. The van der Waals surface area contributed by atoms with Gasteiger partial charge in [0.05, 0.1) is 0 Å². The van der Waals surface area contributed by atoms with Crippen LogP contribution in [-0.4, -0.2) is 6.61 Å². The Balaban J connectivity index is 2.37. The molecule has 64 valence electrons. The third kappa shape index (κ3) is 2.44. The lowest BCUT2D eigenvalue weighted by Gasteiger charge is -1.95. The van der Waals surface area contributed by atoms with E-state index in [2.05, 4.69) is 5.92 Å². The molecule has 0 atom stereocenters. The van der Waals surface area contributed by atoms with Crippen molar-refractivity contribution >= 4 is 0 Å². The van der Waals surface area contributed by atoms with Crippen molar-refractivity contribution in [1.29, 1.82) is 0 Å². The Hall–Kier alpha value is -1.20. The van der Waals surface area contributed by atoms with Crippen molar-refractivity contribution in [2.24, 2.45) is 0 Å². The molecule has 0 aliphatic carbocycles. The molecule has 1 aromatic heterocycles. The summed E-state index contributed by atoms with van der Waals surface area (Å²) >= 11 is 0. The Morgan fingerprint density at radius 2 is 2.25 bits per heavy atom. The average Bonchev–Trinajstić information content (AvgIpc) is 2.53. The van der Waals surface area contributed by atoms with Gasteiger partial charge in [0.15, 0.2) is 0 Å². The van der Waals surface area contributed by atoms with Crippen LogP contribution >= 0.6 is 0 Å². The van der Waals surface area contributed by atoms with E-state index >= 15 is 0 Å². The smallest absolute Gasteiger partial charge is 0.129 e. The quantitative estimate of drug-likeness (QED) is 0.501.